The Morgan fingerprint density at radius 2 is 1.68 bits per heavy atom. The summed E-state index contributed by atoms with van der Waals surface area (Å²) >= 11 is 1.39. The van der Waals surface area contributed by atoms with Gasteiger partial charge in [0, 0.05) is 10.4 Å². The molecule has 25 heavy (non-hydrogen) atoms. The molecule has 1 heterocycles. The molecule has 0 spiro atoms. The summed E-state index contributed by atoms with van der Waals surface area (Å²) in [6.07, 6.45) is 0. The van der Waals surface area contributed by atoms with Gasteiger partial charge >= 0.3 is 5.97 Å². The van der Waals surface area contributed by atoms with Crippen molar-refractivity contribution < 1.29 is 14.3 Å². The first-order valence-corrected chi connectivity index (χ1v) is 8.80. The number of para-hydroxylation sites is 1. The van der Waals surface area contributed by atoms with Gasteiger partial charge in [-0.3, -0.25) is 4.79 Å². The van der Waals surface area contributed by atoms with Crippen LogP contribution in [0.3, 0.4) is 0 Å². The lowest BCUT2D eigenvalue weighted by atomic mass is 10.1. The van der Waals surface area contributed by atoms with E-state index in [1.54, 1.807) is 0 Å². The Kier molecular flexibility index (Phi) is 4.86. The van der Waals surface area contributed by atoms with Crippen LogP contribution >= 0.6 is 11.3 Å². The molecule has 1 N–H and O–H groups in total. The van der Waals surface area contributed by atoms with E-state index in [2.05, 4.69) is 5.32 Å². The number of amides is 1. The molecule has 0 saturated heterocycles. The normalized spacial score (nSPS) is 10.7. The minimum absolute atomic E-state index is 0.305. The van der Waals surface area contributed by atoms with Gasteiger partial charge in [-0.1, -0.05) is 36.4 Å². The zero-order valence-electron chi connectivity index (χ0n) is 14.4. The number of ether oxygens (including phenoxy) is 1. The fourth-order valence-corrected chi connectivity index (χ4v) is 3.86. The number of anilines is 1. The molecule has 0 fully saturated rings. The zero-order chi connectivity index (χ0) is 18.0. The Labute approximate surface area is 150 Å². The van der Waals surface area contributed by atoms with Gasteiger partial charge in [0.2, 0.25) is 0 Å². The number of rotatable bonds is 4. The predicted octanol–water partition coefficient (Wildman–Crippen LogP) is 4.62. The second-order valence-corrected chi connectivity index (χ2v) is 7.00. The van der Waals surface area contributed by atoms with E-state index in [0.717, 1.165) is 32.5 Å². The number of benzene rings is 2. The molecular formula is C20H19NO3S. The number of carbonyl (C=O) groups is 2. The second kappa shape index (κ2) is 7.07. The summed E-state index contributed by atoms with van der Waals surface area (Å²) in [6, 6.07) is 13.6. The third-order valence-electron chi connectivity index (χ3n) is 4.11. The number of hydrogen-bond acceptors (Lipinski definition) is 4. The molecule has 0 saturated carbocycles. The molecule has 0 bridgehead atoms. The first kappa shape index (κ1) is 17.2. The van der Waals surface area contributed by atoms with Gasteiger partial charge in [0.05, 0.1) is 0 Å². The molecule has 0 atom stereocenters. The van der Waals surface area contributed by atoms with E-state index in [1.165, 1.54) is 11.3 Å². The van der Waals surface area contributed by atoms with Crippen molar-refractivity contribution in [3.05, 3.63) is 64.0 Å². The summed E-state index contributed by atoms with van der Waals surface area (Å²) in [5.74, 6) is -0.806. The van der Waals surface area contributed by atoms with E-state index in [1.807, 2.05) is 63.2 Å². The first-order chi connectivity index (χ1) is 12.0. The standard InChI is InChI=1S/C20H19NO3S/c1-12-7-6-8-13(2)18(12)21-17(22)11-24-20(23)19-14(3)15-9-4-5-10-16(15)25-19/h4-10H,11H2,1-3H3,(H,21,22). The maximum absolute atomic E-state index is 12.3. The Morgan fingerprint density at radius 1 is 1.00 bits per heavy atom. The van der Waals surface area contributed by atoms with Crippen LogP contribution in [-0.4, -0.2) is 18.5 Å². The Balaban J connectivity index is 1.67. The van der Waals surface area contributed by atoms with Crippen LogP contribution in [0, 0.1) is 20.8 Å². The Hall–Kier alpha value is -2.66. The molecule has 0 aliphatic carbocycles. The molecule has 1 aromatic heterocycles. The van der Waals surface area contributed by atoms with Crippen molar-refractivity contribution in [2.75, 3.05) is 11.9 Å². The fourth-order valence-electron chi connectivity index (χ4n) is 2.75. The predicted molar refractivity (Wildman–Crippen MR) is 101 cm³/mol. The van der Waals surface area contributed by atoms with Crippen LogP contribution < -0.4 is 5.32 Å². The largest absolute Gasteiger partial charge is 0.451 e. The van der Waals surface area contributed by atoms with E-state index in [9.17, 15) is 9.59 Å². The summed E-state index contributed by atoms with van der Waals surface area (Å²) in [5, 5.41) is 3.85. The average molecular weight is 353 g/mol. The smallest absolute Gasteiger partial charge is 0.349 e. The molecule has 128 valence electrons. The summed E-state index contributed by atoms with van der Waals surface area (Å²) < 4.78 is 6.25. The van der Waals surface area contributed by atoms with Gasteiger partial charge < -0.3 is 10.1 Å². The third kappa shape index (κ3) is 3.56. The van der Waals surface area contributed by atoms with Crippen LogP contribution in [0.25, 0.3) is 10.1 Å². The van der Waals surface area contributed by atoms with E-state index in [4.69, 9.17) is 4.74 Å². The lowest BCUT2D eigenvalue weighted by Crippen LogP contribution is -2.21. The summed E-state index contributed by atoms with van der Waals surface area (Å²) in [4.78, 5) is 25.0. The highest BCUT2D eigenvalue weighted by Crippen LogP contribution is 2.31. The van der Waals surface area contributed by atoms with Crippen LogP contribution in [0.5, 0.6) is 0 Å². The summed E-state index contributed by atoms with van der Waals surface area (Å²) in [7, 11) is 0. The van der Waals surface area contributed by atoms with Crippen molar-refractivity contribution in [2.24, 2.45) is 0 Å². The molecule has 0 aliphatic heterocycles. The molecule has 3 rings (SSSR count). The molecular weight excluding hydrogens is 334 g/mol. The summed E-state index contributed by atoms with van der Waals surface area (Å²) in [5.41, 5.74) is 3.60. The summed E-state index contributed by atoms with van der Waals surface area (Å²) in [6.45, 7) is 5.44. The fraction of sp³-hybridized carbons (Fsp3) is 0.200. The molecule has 0 unspecified atom stereocenters. The molecule has 5 heteroatoms. The van der Waals surface area contributed by atoms with Crippen molar-refractivity contribution in [1.82, 2.24) is 0 Å². The van der Waals surface area contributed by atoms with Gasteiger partial charge in [-0.05, 0) is 48.9 Å². The maximum atomic E-state index is 12.3. The number of nitrogens with one attached hydrogen (secondary N) is 1. The minimum Gasteiger partial charge on any atom is -0.451 e. The van der Waals surface area contributed by atoms with E-state index < -0.39 is 5.97 Å². The third-order valence-corrected chi connectivity index (χ3v) is 5.36. The number of fused-ring (bicyclic) bond motifs is 1. The van der Waals surface area contributed by atoms with Crippen LogP contribution in [0.4, 0.5) is 5.69 Å². The minimum atomic E-state index is -0.463. The van der Waals surface area contributed by atoms with Crippen molar-refractivity contribution >= 4 is 39.0 Å². The van der Waals surface area contributed by atoms with Gasteiger partial charge in [-0.15, -0.1) is 11.3 Å². The number of hydrogen-bond donors (Lipinski definition) is 1. The highest BCUT2D eigenvalue weighted by Gasteiger charge is 2.18. The topological polar surface area (TPSA) is 55.4 Å². The van der Waals surface area contributed by atoms with Crippen LogP contribution in [0.1, 0.15) is 26.4 Å². The highest BCUT2D eigenvalue weighted by molar-refractivity contribution is 7.21. The SMILES string of the molecule is Cc1cccc(C)c1NC(=O)COC(=O)c1sc2ccccc2c1C. The quantitative estimate of drug-likeness (QED) is 0.696. The van der Waals surface area contributed by atoms with E-state index in [0.29, 0.717) is 4.88 Å². The van der Waals surface area contributed by atoms with Crippen molar-refractivity contribution in [3.8, 4) is 0 Å². The average Bonchev–Trinajstić information content (AvgIpc) is 2.93. The van der Waals surface area contributed by atoms with Crippen molar-refractivity contribution in [1.29, 1.82) is 0 Å². The maximum Gasteiger partial charge on any atom is 0.349 e. The highest BCUT2D eigenvalue weighted by atomic mass is 32.1. The van der Waals surface area contributed by atoms with Crippen molar-refractivity contribution in [3.63, 3.8) is 0 Å². The monoisotopic (exact) mass is 353 g/mol. The van der Waals surface area contributed by atoms with Crippen LogP contribution in [-0.2, 0) is 9.53 Å². The van der Waals surface area contributed by atoms with E-state index in [-0.39, 0.29) is 12.5 Å². The number of thiophene rings is 1. The Bertz CT molecular complexity index is 938. The van der Waals surface area contributed by atoms with Gasteiger partial charge in [0.15, 0.2) is 6.61 Å². The van der Waals surface area contributed by atoms with Gasteiger partial charge in [-0.2, -0.15) is 0 Å². The van der Waals surface area contributed by atoms with Crippen molar-refractivity contribution in [2.45, 2.75) is 20.8 Å². The van der Waals surface area contributed by atoms with Crippen LogP contribution in [0.15, 0.2) is 42.5 Å². The first-order valence-electron chi connectivity index (χ1n) is 7.98. The number of esters is 1. The molecule has 4 nitrogen and oxygen atoms in total. The molecule has 2 aromatic carbocycles. The number of carbonyl (C=O) groups excluding carboxylic acids is 2. The zero-order valence-corrected chi connectivity index (χ0v) is 15.2. The molecule has 0 aliphatic rings. The second-order valence-electron chi connectivity index (χ2n) is 5.94. The lowest BCUT2D eigenvalue weighted by molar-refractivity contribution is -0.119. The molecule has 3 aromatic rings. The molecule has 0 radical (unpaired) electrons. The lowest BCUT2D eigenvalue weighted by Gasteiger charge is -2.11. The molecule has 1 amide bonds. The Morgan fingerprint density at radius 3 is 2.36 bits per heavy atom. The van der Waals surface area contributed by atoms with Gasteiger partial charge in [0.1, 0.15) is 4.88 Å². The van der Waals surface area contributed by atoms with Gasteiger partial charge in [0.25, 0.3) is 5.91 Å². The van der Waals surface area contributed by atoms with Crippen LogP contribution in [0.2, 0.25) is 0 Å². The number of aryl methyl sites for hydroxylation is 3. The van der Waals surface area contributed by atoms with Gasteiger partial charge in [-0.25, -0.2) is 4.79 Å². The van der Waals surface area contributed by atoms with E-state index >= 15 is 0 Å².